The van der Waals surface area contributed by atoms with Crippen LogP contribution in [0.3, 0.4) is 0 Å². The van der Waals surface area contributed by atoms with Crippen LogP contribution in [0.2, 0.25) is 0 Å². The van der Waals surface area contributed by atoms with E-state index in [0.717, 1.165) is 23.1 Å². The van der Waals surface area contributed by atoms with Crippen LogP contribution in [0.25, 0.3) is 10.9 Å². The summed E-state index contributed by atoms with van der Waals surface area (Å²) in [5.41, 5.74) is 1.94. The molecule has 0 radical (unpaired) electrons. The molecule has 0 N–H and O–H groups in total. The minimum atomic E-state index is 0.133. The summed E-state index contributed by atoms with van der Waals surface area (Å²) >= 11 is 1.55. The van der Waals surface area contributed by atoms with Crippen molar-refractivity contribution in [3.8, 4) is 0 Å². The molecule has 18 heavy (non-hydrogen) atoms. The molecule has 2 rings (SSSR count). The largest absolute Gasteiger partial charge is 0.264 e. The summed E-state index contributed by atoms with van der Waals surface area (Å²) < 4.78 is 6.42. The predicted octanol–water partition coefficient (Wildman–Crippen LogP) is 3.32. The predicted molar refractivity (Wildman–Crippen MR) is 78.1 cm³/mol. The van der Waals surface area contributed by atoms with Crippen LogP contribution in [-0.2, 0) is 6.54 Å². The third kappa shape index (κ3) is 3.10. The van der Waals surface area contributed by atoms with E-state index in [1.807, 2.05) is 23.1 Å². The summed E-state index contributed by atoms with van der Waals surface area (Å²) in [6.07, 6.45) is 5.53. The number of nitrogens with zero attached hydrogens (tertiary/aromatic N) is 4. The van der Waals surface area contributed by atoms with Gasteiger partial charge in [-0.2, -0.15) is 5.10 Å². The minimum absolute atomic E-state index is 0.133. The standard InChI is InChI=1S/C13H18N4S/c1-5-17-12-9-14-11(6-10(12)7-15-17)8-16-18-13(2,3)4/h6-9H,5H2,1-4H3/b16-8+. The lowest BCUT2D eigenvalue weighted by Gasteiger charge is -2.11. The van der Waals surface area contributed by atoms with Gasteiger partial charge in [-0.3, -0.25) is 9.67 Å². The zero-order valence-corrected chi connectivity index (χ0v) is 12.0. The second-order valence-corrected chi connectivity index (χ2v) is 6.68. The zero-order valence-electron chi connectivity index (χ0n) is 11.2. The molecule has 0 aromatic carbocycles. The fraction of sp³-hybridized carbons (Fsp3) is 0.462. The molecule has 0 spiro atoms. The number of fused-ring (bicyclic) bond motifs is 1. The highest BCUT2D eigenvalue weighted by atomic mass is 32.2. The smallest absolute Gasteiger partial charge is 0.0865 e. The van der Waals surface area contributed by atoms with Crippen LogP contribution in [0.15, 0.2) is 22.9 Å². The molecule has 5 heteroatoms. The molecule has 4 nitrogen and oxygen atoms in total. The van der Waals surface area contributed by atoms with Crippen molar-refractivity contribution in [2.45, 2.75) is 39.0 Å². The van der Waals surface area contributed by atoms with Crippen molar-refractivity contribution in [3.63, 3.8) is 0 Å². The molecule has 0 unspecified atom stereocenters. The molecule has 2 aromatic rings. The Balaban J connectivity index is 2.20. The van der Waals surface area contributed by atoms with E-state index in [4.69, 9.17) is 0 Å². The molecular formula is C13H18N4S. The molecule has 0 atom stereocenters. The van der Waals surface area contributed by atoms with Crippen molar-refractivity contribution in [1.82, 2.24) is 14.8 Å². The van der Waals surface area contributed by atoms with Gasteiger partial charge < -0.3 is 0 Å². The first-order valence-corrected chi connectivity index (χ1v) is 6.80. The molecule has 2 heterocycles. The summed E-state index contributed by atoms with van der Waals surface area (Å²) in [6, 6.07) is 2.02. The molecule has 0 aliphatic carbocycles. The van der Waals surface area contributed by atoms with Crippen molar-refractivity contribution >= 4 is 29.1 Å². The Labute approximate surface area is 112 Å². The van der Waals surface area contributed by atoms with Crippen molar-refractivity contribution in [1.29, 1.82) is 0 Å². The average Bonchev–Trinajstić information content (AvgIpc) is 2.69. The second kappa shape index (κ2) is 5.10. The van der Waals surface area contributed by atoms with E-state index in [2.05, 4.69) is 42.2 Å². The van der Waals surface area contributed by atoms with Crippen LogP contribution < -0.4 is 0 Å². The molecule has 0 saturated heterocycles. The lowest BCUT2D eigenvalue weighted by atomic mass is 10.3. The van der Waals surface area contributed by atoms with E-state index in [0.29, 0.717) is 0 Å². The molecule has 0 aliphatic rings. The van der Waals surface area contributed by atoms with Gasteiger partial charge in [0.2, 0.25) is 0 Å². The maximum absolute atomic E-state index is 4.38. The average molecular weight is 262 g/mol. The Morgan fingerprint density at radius 3 is 2.83 bits per heavy atom. The summed E-state index contributed by atoms with van der Waals surface area (Å²) in [5, 5.41) is 5.41. The first-order chi connectivity index (χ1) is 8.49. The van der Waals surface area contributed by atoms with Gasteiger partial charge in [0, 0.05) is 16.7 Å². The number of hydrogen-bond donors (Lipinski definition) is 0. The fourth-order valence-electron chi connectivity index (χ4n) is 1.55. The maximum Gasteiger partial charge on any atom is 0.0865 e. The van der Waals surface area contributed by atoms with Crippen LogP contribution in [0, 0.1) is 0 Å². The summed E-state index contributed by atoms with van der Waals surface area (Å²) in [6.45, 7) is 9.34. The van der Waals surface area contributed by atoms with Gasteiger partial charge in [-0.25, -0.2) is 4.40 Å². The number of aromatic nitrogens is 3. The quantitative estimate of drug-likeness (QED) is 0.629. The lowest BCUT2D eigenvalue weighted by Crippen LogP contribution is -2.05. The lowest BCUT2D eigenvalue weighted by molar-refractivity contribution is 0.683. The maximum atomic E-state index is 4.38. The minimum Gasteiger partial charge on any atom is -0.264 e. The van der Waals surface area contributed by atoms with E-state index in [-0.39, 0.29) is 4.75 Å². The van der Waals surface area contributed by atoms with Gasteiger partial charge in [0.05, 0.1) is 29.8 Å². The van der Waals surface area contributed by atoms with Gasteiger partial charge in [0.25, 0.3) is 0 Å². The molecule has 0 bridgehead atoms. The summed E-state index contributed by atoms with van der Waals surface area (Å²) in [7, 11) is 0. The van der Waals surface area contributed by atoms with Gasteiger partial charge >= 0.3 is 0 Å². The molecule has 96 valence electrons. The van der Waals surface area contributed by atoms with Crippen LogP contribution in [0.1, 0.15) is 33.4 Å². The second-order valence-electron chi connectivity index (χ2n) is 5.07. The Kier molecular flexibility index (Phi) is 3.71. The third-order valence-electron chi connectivity index (χ3n) is 2.36. The molecular weight excluding hydrogens is 244 g/mol. The number of pyridine rings is 1. The Morgan fingerprint density at radius 1 is 1.39 bits per heavy atom. The number of aryl methyl sites for hydroxylation is 1. The van der Waals surface area contributed by atoms with Crippen LogP contribution in [0.4, 0.5) is 0 Å². The molecule has 0 aliphatic heterocycles. The van der Waals surface area contributed by atoms with Crippen molar-refractivity contribution in [3.05, 3.63) is 24.2 Å². The molecule has 0 fully saturated rings. The van der Waals surface area contributed by atoms with Crippen LogP contribution in [-0.4, -0.2) is 25.7 Å². The normalized spacial score (nSPS) is 12.7. The number of rotatable bonds is 3. The van der Waals surface area contributed by atoms with E-state index < -0.39 is 0 Å². The first-order valence-electron chi connectivity index (χ1n) is 6.03. The third-order valence-corrected chi connectivity index (χ3v) is 3.12. The Bertz CT molecular complexity index is 566. The van der Waals surface area contributed by atoms with Gasteiger partial charge in [-0.05, 0) is 45.7 Å². The first kappa shape index (κ1) is 13.1. The van der Waals surface area contributed by atoms with Gasteiger partial charge in [0.1, 0.15) is 0 Å². The van der Waals surface area contributed by atoms with Gasteiger partial charge in [0.15, 0.2) is 0 Å². The van der Waals surface area contributed by atoms with E-state index >= 15 is 0 Å². The highest BCUT2D eigenvalue weighted by molar-refractivity contribution is 7.99. The zero-order chi connectivity index (χ0) is 13.2. The van der Waals surface area contributed by atoms with Crippen LogP contribution >= 0.6 is 11.9 Å². The van der Waals surface area contributed by atoms with Crippen molar-refractivity contribution in [2.24, 2.45) is 4.40 Å². The highest BCUT2D eigenvalue weighted by Gasteiger charge is 2.09. The topological polar surface area (TPSA) is 43.1 Å². The fourth-order valence-corrected chi connectivity index (χ4v) is 2.03. The van der Waals surface area contributed by atoms with E-state index in [1.54, 1.807) is 18.2 Å². The molecule has 0 amide bonds. The monoisotopic (exact) mass is 262 g/mol. The highest BCUT2D eigenvalue weighted by Crippen LogP contribution is 2.23. The van der Waals surface area contributed by atoms with E-state index in [1.165, 1.54) is 0 Å². The number of hydrogen-bond acceptors (Lipinski definition) is 4. The SMILES string of the molecule is CCn1ncc2cc(/C=N/SC(C)(C)C)ncc21. The van der Waals surface area contributed by atoms with Gasteiger partial charge in [-0.15, -0.1) is 0 Å². The summed E-state index contributed by atoms with van der Waals surface area (Å²) in [5.74, 6) is 0. The van der Waals surface area contributed by atoms with Crippen LogP contribution in [0.5, 0.6) is 0 Å². The Hall–Kier alpha value is -1.36. The van der Waals surface area contributed by atoms with Gasteiger partial charge in [-0.1, -0.05) is 0 Å². The molecule has 0 saturated carbocycles. The van der Waals surface area contributed by atoms with Crippen molar-refractivity contribution in [2.75, 3.05) is 0 Å². The summed E-state index contributed by atoms with van der Waals surface area (Å²) in [4.78, 5) is 4.38. The van der Waals surface area contributed by atoms with Crippen molar-refractivity contribution < 1.29 is 0 Å². The Morgan fingerprint density at radius 2 is 2.17 bits per heavy atom. The van der Waals surface area contributed by atoms with E-state index in [9.17, 15) is 0 Å². The molecule has 2 aromatic heterocycles.